The Kier molecular flexibility index (Phi) is 6.36. The average Bonchev–Trinajstić information content (AvgIpc) is 3.11. The third-order valence-corrected chi connectivity index (χ3v) is 4.50. The number of halogens is 1. The van der Waals surface area contributed by atoms with E-state index in [2.05, 4.69) is 31.3 Å². The Morgan fingerprint density at radius 2 is 2.00 bits per heavy atom. The lowest BCUT2D eigenvalue weighted by atomic mass is 10.1. The minimum Gasteiger partial charge on any atom is -0.385 e. The summed E-state index contributed by atoms with van der Waals surface area (Å²) in [6.45, 7) is 3.13. The molecule has 7 heteroatoms. The van der Waals surface area contributed by atoms with E-state index >= 15 is 0 Å². The number of aromatic nitrogens is 3. The van der Waals surface area contributed by atoms with Gasteiger partial charge in [-0.3, -0.25) is 4.79 Å². The molecule has 0 aliphatic carbocycles. The minimum absolute atomic E-state index is 0.145. The molecular formula is C20H21BrN4O2. The van der Waals surface area contributed by atoms with Gasteiger partial charge in [-0.15, -0.1) is 5.10 Å². The van der Waals surface area contributed by atoms with Crippen molar-refractivity contribution in [2.45, 2.75) is 13.3 Å². The van der Waals surface area contributed by atoms with E-state index in [-0.39, 0.29) is 11.7 Å². The maximum atomic E-state index is 12.5. The van der Waals surface area contributed by atoms with Gasteiger partial charge < -0.3 is 10.1 Å². The molecule has 6 nitrogen and oxygen atoms in total. The molecule has 3 rings (SSSR count). The molecule has 0 aliphatic heterocycles. The molecule has 1 N–H and O–H groups in total. The van der Waals surface area contributed by atoms with Crippen LogP contribution in [0, 0.1) is 6.92 Å². The van der Waals surface area contributed by atoms with Gasteiger partial charge in [0, 0.05) is 30.3 Å². The number of hydrogen-bond acceptors (Lipinski definition) is 4. The van der Waals surface area contributed by atoms with E-state index in [9.17, 15) is 4.79 Å². The largest absolute Gasteiger partial charge is 0.385 e. The van der Waals surface area contributed by atoms with Crippen molar-refractivity contribution in [1.29, 1.82) is 0 Å². The highest BCUT2D eigenvalue weighted by Crippen LogP contribution is 2.23. The van der Waals surface area contributed by atoms with E-state index in [1.165, 1.54) is 0 Å². The summed E-state index contributed by atoms with van der Waals surface area (Å²) in [7, 11) is 1.64. The fraction of sp³-hybridized carbons (Fsp3) is 0.250. The lowest BCUT2D eigenvalue weighted by molar-refractivity contribution is 0.0938. The van der Waals surface area contributed by atoms with Crippen molar-refractivity contribution in [1.82, 2.24) is 20.1 Å². The van der Waals surface area contributed by atoms with Gasteiger partial charge in [-0.2, -0.15) is 0 Å². The lowest BCUT2D eigenvalue weighted by Gasteiger charge is -2.06. The van der Waals surface area contributed by atoms with Crippen LogP contribution in [0.25, 0.3) is 17.1 Å². The molecule has 1 heterocycles. The number of aryl methyl sites for hydroxylation is 1. The SMILES string of the molecule is COCCCNC(=O)c1nc(-c2cccc(C)c2)n(-c2ccc(Br)cc2)n1. The maximum Gasteiger partial charge on any atom is 0.290 e. The predicted octanol–water partition coefficient (Wildman–Crippen LogP) is 3.77. The molecule has 1 amide bonds. The van der Waals surface area contributed by atoms with Crippen molar-refractivity contribution in [3.05, 3.63) is 64.4 Å². The van der Waals surface area contributed by atoms with Crippen molar-refractivity contribution in [3.63, 3.8) is 0 Å². The summed E-state index contributed by atoms with van der Waals surface area (Å²) in [6.07, 6.45) is 0.737. The zero-order valence-electron chi connectivity index (χ0n) is 15.3. The Hall–Kier alpha value is -2.51. The summed E-state index contributed by atoms with van der Waals surface area (Å²) in [5.41, 5.74) is 2.85. The number of methoxy groups -OCH3 is 1. The zero-order chi connectivity index (χ0) is 19.2. The Labute approximate surface area is 166 Å². The Balaban J connectivity index is 1.96. The fourth-order valence-electron chi connectivity index (χ4n) is 2.64. The number of hydrogen-bond donors (Lipinski definition) is 1. The van der Waals surface area contributed by atoms with Gasteiger partial charge in [-0.05, 0) is 43.7 Å². The van der Waals surface area contributed by atoms with Gasteiger partial charge >= 0.3 is 0 Å². The molecule has 140 valence electrons. The van der Waals surface area contributed by atoms with Crippen LogP contribution in [-0.2, 0) is 4.74 Å². The highest BCUT2D eigenvalue weighted by molar-refractivity contribution is 9.10. The van der Waals surface area contributed by atoms with Crippen LogP contribution in [0.5, 0.6) is 0 Å². The number of ether oxygens (including phenoxy) is 1. The molecule has 3 aromatic rings. The number of nitrogens with one attached hydrogen (secondary N) is 1. The van der Waals surface area contributed by atoms with E-state index in [0.29, 0.717) is 19.0 Å². The van der Waals surface area contributed by atoms with Crippen molar-refractivity contribution in [3.8, 4) is 17.1 Å². The number of benzene rings is 2. The Morgan fingerprint density at radius 1 is 1.22 bits per heavy atom. The molecule has 0 radical (unpaired) electrons. The number of carbonyl (C=O) groups is 1. The van der Waals surface area contributed by atoms with Gasteiger partial charge in [-0.25, -0.2) is 9.67 Å². The molecule has 0 bridgehead atoms. The first-order chi connectivity index (χ1) is 13.1. The number of nitrogens with zero attached hydrogens (tertiary/aromatic N) is 3. The fourth-order valence-corrected chi connectivity index (χ4v) is 2.90. The molecular weight excluding hydrogens is 408 g/mol. The second kappa shape index (κ2) is 8.92. The molecule has 0 saturated carbocycles. The second-order valence-corrected chi connectivity index (χ2v) is 7.03. The Morgan fingerprint density at radius 3 is 2.70 bits per heavy atom. The molecule has 0 atom stereocenters. The van der Waals surface area contributed by atoms with Crippen LogP contribution in [0.3, 0.4) is 0 Å². The van der Waals surface area contributed by atoms with Gasteiger partial charge in [0.05, 0.1) is 5.69 Å². The molecule has 0 aliphatic rings. The number of carbonyl (C=O) groups excluding carboxylic acids is 1. The van der Waals surface area contributed by atoms with E-state index in [0.717, 1.165) is 27.7 Å². The first-order valence-electron chi connectivity index (χ1n) is 8.65. The van der Waals surface area contributed by atoms with Gasteiger partial charge in [-0.1, -0.05) is 39.7 Å². The molecule has 1 aromatic heterocycles. The molecule has 0 saturated heterocycles. The van der Waals surface area contributed by atoms with E-state index in [1.807, 2.05) is 55.5 Å². The number of amides is 1. The first kappa shape index (κ1) is 19.3. The number of rotatable bonds is 7. The standard InChI is InChI=1S/C20H21BrN4O2/c1-14-5-3-6-15(13-14)19-23-18(20(26)22-11-4-12-27-2)24-25(19)17-9-7-16(21)8-10-17/h3,5-10,13H,4,11-12H2,1-2H3,(H,22,26). The van der Waals surface area contributed by atoms with Gasteiger partial charge in [0.25, 0.3) is 5.91 Å². The summed E-state index contributed by atoms with van der Waals surface area (Å²) in [6, 6.07) is 15.7. The predicted molar refractivity (Wildman–Crippen MR) is 108 cm³/mol. The van der Waals surface area contributed by atoms with Gasteiger partial charge in [0.15, 0.2) is 5.82 Å². The van der Waals surface area contributed by atoms with Crippen molar-refractivity contribution >= 4 is 21.8 Å². The van der Waals surface area contributed by atoms with Gasteiger partial charge in [0.1, 0.15) is 0 Å². The molecule has 0 unspecified atom stereocenters. The molecule has 0 fully saturated rings. The molecule has 0 spiro atoms. The highest BCUT2D eigenvalue weighted by Gasteiger charge is 2.18. The smallest absolute Gasteiger partial charge is 0.290 e. The van der Waals surface area contributed by atoms with Crippen LogP contribution >= 0.6 is 15.9 Å². The topological polar surface area (TPSA) is 69.0 Å². The summed E-state index contributed by atoms with van der Waals surface area (Å²) in [5, 5.41) is 7.29. The monoisotopic (exact) mass is 428 g/mol. The summed E-state index contributed by atoms with van der Waals surface area (Å²) < 4.78 is 7.67. The minimum atomic E-state index is -0.295. The average molecular weight is 429 g/mol. The van der Waals surface area contributed by atoms with E-state index in [4.69, 9.17) is 4.74 Å². The van der Waals surface area contributed by atoms with Crippen molar-refractivity contribution < 1.29 is 9.53 Å². The lowest BCUT2D eigenvalue weighted by Crippen LogP contribution is -2.26. The summed E-state index contributed by atoms with van der Waals surface area (Å²) in [5.74, 6) is 0.478. The Bertz CT molecular complexity index is 922. The normalized spacial score (nSPS) is 10.8. The van der Waals surface area contributed by atoms with Gasteiger partial charge in [0.2, 0.25) is 5.82 Å². The van der Waals surface area contributed by atoms with Crippen LogP contribution in [0.4, 0.5) is 0 Å². The third kappa shape index (κ3) is 4.81. The summed E-state index contributed by atoms with van der Waals surface area (Å²) in [4.78, 5) is 17.0. The zero-order valence-corrected chi connectivity index (χ0v) is 16.9. The van der Waals surface area contributed by atoms with Crippen LogP contribution in [-0.4, -0.2) is 40.9 Å². The summed E-state index contributed by atoms with van der Waals surface area (Å²) >= 11 is 3.44. The van der Waals surface area contributed by atoms with Crippen LogP contribution in [0.1, 0.15) is 22.6 Å². The third-order valence-electron chi connectivity index (χ3n) is 3.97. The van der Waals surface area contributed by atoms with Crippen LogP contribution < -0.4 is 5.32 Å². The van der Waals surface area contributed by atoms with Crippen LogP contribution in [0.2, 0.25) is 0 Å². The molecule has 2 aromatic carbocycles. The maximum absolute atomic E-state index is 12.5. The second-order valence-electron chi connectivity index (χ2n) is 6.12. The van der Waals surface area contributed by atoms with E-state index < -0.39 is 0 Å². The highest BCUT2D eigenvalue weighted by atomic mass is 79.9. The van der Waals surface area contributed by atoms with Crippen molar-refractivity contribution in [2.24, 2.45) is 0 Å². The first-order valence-corrected chi connectivity index (χ1v) is 9.45. The molecule has 27 heavy (non-hydrogen) atoms. The quantitative estimate of drug-likeness (QED) is 0.581. The van der Waals surface area contributed by atoms with Crippen molar-refractivity contribution in [2.75, 3.05) is 20.3 Å². The van der Waals surface area contributed by atoms with E-state index in [1.54, 1.807) is 11.8 Å². The van der Waals surface area contributed by atoms with Crippen LogP contribution in [0.15, 0.2) is 53.0 Å².